The monoisotopic (exact) mass is 437 g/mol. The Morgan fingerprint density at radius 1 is 1.10 bits per heavy atom. The minimum atomic E-state index is -3.51. The highest BCUT2D eigenvalue weighted by molar-refractivity contribution is 7.92. The van der Waals surface area contributed by atoms with Gasteiger partial charge in [-0.3, -0.25) is 14.1 Å². The lowest BCUT2D eigenvalue weighted by Gasteiger charge is -2.19. The van der Waals surface area contributed by atoms with Crippen LogP contribution in [0.2, 0.25) is 0 Å². The van der Waals surface area contributed by atoms with E-state index in [2.05, 4.69) is 10.3 Å². The summed E-state index contributed by atoms with van der Waals surface area (Å²) in [6.45, 7) is 0.807. The number of carbonyl (C=O) groups is 1. The summed E-state index contributed by atoms with van der Waals surface area (Å²) in [6, 6.07) is 18.0. The molecule has 0 radical (unpaired) electrons. The quantitative estimate of drug-likeness (QED) is 0.585. The first-order valence-corrected chi connectivity index (χ1v) is 11.6. The first-order valence-electron chi connectivity index (χ1n) is 10.0. The number of fused-ring (bicyclic) bond motifs is 1. The van der Waals surface area contributed by atoms with Gasteiger partial charge in [-0.15, -0.1) is 0 Å². The maximum Gasteiger partial charge on any atom is 0.251 e. The number of hydrogen-bond donors (Lipinski definition) is 1. The second kappa shape index (κ2) is 9.18. The highest BCUT2D eigenvalue weighted by Crippen LogP contribution is 2.29. The highest BCUT2D eigenvalue weighted by Gasteiger charge is 2.28. The van der Waals surface area contributed by atoms with Crippen LogP contribution in [0.3, 0.4) is 0 Å². The van der Waals surface area contributed by atoms with E-state index in [1.807, 2.05) is 36.4 Å². The molecule has 1 aliphatic heterocycles. The summed E-state index contributed by atoms with van der Waals surface area (Å²) in [7, 11) is -3.51. The largest absolute Gasteiger partial charge is 0.489 e. The van der Waals surface area contributed by atoms with Gasteiger partial charge in [0.25, 0.3) is 5.91 Å². The summed E-state index contributed by atoms with van der Waals surface area (Å²) in [4.78, 5) is 16.5. The van der Waals surface area contributed by atoms with Crippen molar-refractivity contribution in [3.63, 3.8) is 0 Å². The Bertz CT molecular complexity index is 1170. The lowest BCUT2D eigenvalue weighted by atomic mass is 10.2. The molecule has 0 saturated carbocycles. The first-order chi connectivity index (χ1) is 15.0. The van der Waals surface area contributed by atoms with Crippen molar-refractivity contribution in [1.29, 1.82) is 0 Å². The zero-order chi connectivity index (χ0) is 21.7. The van der Waals surface area contributed by atoms with Crippen molar-refractivity contribution in [2.24, 2.45) is 0 Å². The average Bonchev–Trinajstić information content (AvgIpc) is 3.24. The number of sulfonamides is 1. The predicted octanol–water partition coefficient (Wildman–Crippen LogP) is 2.78. The van der Waals surface area contributed by atoms with Crippen molar-refractivity contribution >= 4 is 21.6 Å². The van der Waals surface area contributed by atoms with Crippen LogP contribution in [0.1, 0.15) is 21.5 Å². The van der Waals surface area contributed by atoms with E-state index in [4.69, 9.17) is 4.74 Å². The fourth-order valence-corrected chi connectivity index (χ4v) is 4.91. The molecule has 4 rings (SSSR count). The van der Waals surface area contributed by atoms with Gasteiger partial charge in [0.2, 0.25) is 10.0 Å². The number of hydrogen-bond acceptors (Lipinski definition) is 5. The Morgan fingerprint density at radius 2 is 1.97 bits per heavy atom. The maximum atomic E-state index is 12.7. The molecular weight excluding hydrogens is 414 g/mol. The van der Waals surface area contributed by atoms with E-state index in [-0.39, 0.29) is 18.2 Å². The van der Waals surface area contributed by atoms with Crippen molar-refractivity contribution in [3.8, 4) is 5.75 Å². The smallest absolute Gasteiger partial charge is 0.251 e. The van der Waals surface area contributed by atoms with Gasteiger partial charge in [0, 0.05) is 36.6 Å². The summed E-state index contributed by atoms with van der Waals surface area (Å²) >= 11 is 0. The predicted molar refractivity (Wildman–Crippen MR) is 119 cm³/mol. The van der Waals surface area contributed by atoms with Gasteiger partial charge in [-0.05, 0) is 42.3 Å². The summed E-state index contributed by atoms with van der Waals surface area (Å²) in [5, 5.41) is 2.69. The number of para-hydroxylation sites is 1. The molecule has 0 bridgehead atoms. The van der Waals surface area contributed by atoms with E-state index in [0.29, 0.717) is 30.9 Å². The van der Waals surface area contributed by atoms with E-state index in [0.717, 1.165) is 16.8 Å². The Morgan fingerprint density at radius 3 is 2.81 bits per heavy atom. The Hall–Kier alpha value is -3.39. The molecule has 0 aliphatic carbocycles. The average molecular weight is 438 g/mol. The fraction of sp³-hybridized carbons (Fsp3) is 0.217. The number of rotatable bonds is 8. The van der Waals surface area contributed by atoms with Crippen LogP contribution in [0.15, 0.2) is 73.1 Å². The highest BCUT2D eigenvalue weighted by atomic mass is 32.2. The number of nitrogens with one attached hydrogen (secondary N) is 1. The molecule has 1 N–H and O–H groups in total. The lowest BCUT2D eigenvalue weighted by Crippen LogP contribution is -2.37. The molecule has 31 heavy (non-hydrogen) atoms. The van der Waals surface area contributed by atoms with Crippen LogP contribution in [0.25, 0.3) is 0 Å². The van der Waals surface area contributed by atoms with Gasteiger partial charge in [-0.1, -0.05) is 30.3 Å². The molecule has 0 unspecified atom stereocenters. The zero-order valence-electron chi connectivity index (χ0n) is 16.9. The zero-order valence-corrected chi connectivity index (χ0v) is 17.7. The molecule has 8 heteroatoms. The summed E-state index contributed by atoms with van der Waals surface area (Å²) in [5.41, 5.74) is 3.09. The number of nitrogens with zero attached hydrogens (tertiary/aromatic N) is 2. The second-order valence-electron chi connectivity index (χ2n) is 7.20. The van der Waals surface area contributed by atoms with Crippen LogP contribution < -0.4 is 14.4 Å². The topological polar surface area (TPSA) is 88.6 Å². The number of amides is 1. The number of carbonyl (C=O) groups excluding carboxylic acids is 1. The van der Waals surface area contributed by atoms with Gasteiger partial charge >= 0.3 is 0 Å². The molecular formula is C23H23N3O4S. The van der Waals surface area contributed by atoms with Gasteiger partial charge in [0.05, 0.1) is 11.4 Å². The molecule has 160 valence electrons. The Kier molecular flexibility index (Phi) is 6.18. The molecule has 2 heterocycles. The van der Waals surface area contributed by atoms with E-state index in [1.54, 1.807) is 36.7 Å². The molecule has 2 aromatic carbocycles. The number of pyridine rings is 1. The van der Waals surface area contributed by atoms with Crippen LogP contribution in [0.4, 0.5) is 5.69 Å². The van der Waals surface area contributed by atoms with Gasteiger partial charge in [0.1, 0.15) is 12.4 Å². The van der Waals surface area contributed by atoms with E-state index in [9.17, 15) is 13.2 Å². The van der Waals surface area contributed by atoms with Crippen LogP contribution in [0, 0.1) is 0 Å². The molecule has 7 nitrogen and oxygen atoms in total. The standard InChI is InChI=1S/C23H23N3O4S/c27-23(20-7-3-8-21(15-20)30-17-18-5-4-11-24-16-18)25-12-14-31(28,29)26-13-10-19-6-1-2-9-22(19)26/h1-9,11,15-16H,10,12-14,17H2,(H,25,27). The second-order valence-corrected chi connectivity index (χ2v) is 9.21. The molecule has 3 aromatic rings. The maximum absolute atomic E-state index is 12.7. The SMILES string of the molecule is O=C(NCCS(=O)(=O)N1CCc2ccccc21)c1cccc(OCc2cccnc2)c1. The number of ether oxygens (including phenoxy) is 1. The molecule has 0 atom stereocenters. The summed E-state index contributed by atoms with van der Waals surface area (Å²) in [5.74, 6) is 0.0474. The third-order valence-electron chi connectivity index (χ3n) is 5.05. The van der Waals surface area contributed by atoms with Gasteiger partial charge in [-0.2, -0.15) is 0 Å². The molecule has 0 saturated heterocycles. The van der Waals surface area contributed by atoms with E-state index < -0.39 is 10.0 Å². The van der Waals surface area contributed by atoms with Crippen LogP contribution in [-0.2, 0) is 23.1 Å². The molecule has 1 aromatic heterocycles. The Labute approximate surface area is 181 Å². The van der Waals surface area contributed by atoms with Crippen molar-refractivity contribution in [2.75, 3.05) is 23.1 Å². The fourth-order valence-electron chi connectivity index (χ4n) is 3.48. The van der Waals surface area contributed by atoms with Gasteiger partial charge in [0.15, 0.2) is 0 Å². The van der Waals surface area contributed by atoms with E-state index in [1.165, 1.54) is 4.31 Å². The minimum absolute atomic E-state index is 0.0284. The minimum Gasteiger partial charge on any atom is -0.489 e. The lowest BCUT2D eigenvalue weighted by molar-refractivity contribution is 0.0955. The number of aromatic nitrogens is 1. The molecule has 0 spiro atoms. The number of anilines is 1. The van der Waals surface area contributed by atoms with Gasteiger partial charge < -0.3 is 10.1 Å². The normalized spacial score (nSPS) is 13.0. The van der Waals surface area contributed by atoms with Crippen molar-refractivity contribution in [3.05, 3.63) is 89.7 Å². The summed E-state index contributed by atoms with van der Waals surface area (Å²) in [6.07, 6.45) is 4.11. The molecule has 1 amide bonds. The van der Waals surface area contributed by atoms with Crippen molar-refractivity contribution < 1.29 is 17.9 Å². The van der Waals surface area contributed by atoms with E-state index >= 15 is 0 Å². The molecule has 0 fully saturated rings. The molecule has 1 aliphatic rings. The van der Waals surface area contributed by atoms with Crippen molar-refractivity contribution in [1.82, 2.24) is 10.3 Å². The van der Waals surface area contributed by atoms with Crippen molar-refractivity contribution in [2.45, 2.75) is 13.0 Å². The summed E-state index contributed by atoms with van der Waals surface area (Å²) < 4.78 is 32.6. The Balaban J connectivity index is 1.32. The van der Waals surface area contributed by atoms with Crippen LogP contribution in [0.5, 0.6) is 5.75 Å². The van der Waals surface area contributed by atoms with Gasteiger partial charge in [-0.25, -0.2) is 8.42 Å². The first kappa shape index (κ1) is 20.9. The van der Waals surface area contributed by atoms with Crippen LogP contribution >= 0.6 is 0 Å². The van der Waals surface area contributed by atoms with Crippen LogP contribution in [-0.4, -0.2) is 38.2 Å². The third-order valence-corrected chi connectivity index (χ3v) is 6.82. The third kappa shape index (κ3) is 5.03. The number of benzene rings is 2.